The molecule has 20 heavy (non-hydrogen) atoms. The second-order valence-electron chi connectivity index (χ2n) is 5.28. The molecule has 1 aliphatic rings. The lowest BCUT2D eigenvalue weighted by atomic mass is 10.0. The van der Waals surface area contributed by atoms with Crippen molar-refractivity contribution in [2.75, 3.05) is 26.2 Å². The van der Waals surface area contributed by atoms with E-state index in [0.717, 1.165) is 0 Å². The Morgan fingerprint density at radius 1 is 1.40 bits per heavy atom. The van der Waals surface area contributed by atoms with Crippen LogP contribution in [0.4, 0.5) is 0 Å². The van der Waals surface area contributed by atoms with Crippen LogP contribution in [0.1, 0.15) is 13.8 Å². The molecule has 0 aromatic carbocycles. The average Bonchev–Trinajstić information content (AvgIpc) is 2.93. The van der Waals surface area contributed by atoms with Crippen molar-refractivity contribution in [1.29, 1.82) is 5.41 Å². The minimum absolute atomic E-state index is 0.0855. The molecule has 0 unspecified atom stereocenters. The Bertz CT molecular complexity index is 572. The summed E-state index contributed by atoms with van der Waals surface area (Å²) in [6.45, 7) is 5.57. The Morgan fingerprint density at radius 2 is 2.00 bits per heavy atom. The van der Waals surface area contributed by atoms with Crippen molar-refractivity contribution in [3.05, 3.63) is 12.3 Å². The van der Waals surface area contributed by atoms with Gasteiger partial charge in [0.05, 0.1) is 11.7 Å². The van der Waals surface area contributed by atoms with E-state index in [4.69, 9.17) is 11.1 Å². The highest BCUT2D eigenvalue weighted by Crippen LogP contribution is 2.20. The number of rotatable bonds is 4. The monoisotopic (exact) mass is 300 g/mol. The summed E-state index contributed by atoms with van der Waals surface area (Å²) in [5, 5.41) is 13.9. The first-order chi connectivity index (χ1) is 9.26. The number of piperazine rings is 1. The van der Waals surface area contributed by atoms with Gasteiger partial charge in [-0.1, -0.05) is 0 Å². The summed E-state index contributed by atoms with van der Waals surface area (Å²) in [5.74, 6) is 0.0855. The van der Waals surface area contributed by atoms with Crippen LogP contribution in [-0.2, 0) is 10.0 Å². The van der Waals surface area contributed by atoms with Gasteiger partial charge in [-0.05, 0) is 19.9 Å². The lowest BCUT2D eigenvalue weighted by molar-refractivity contribution is 0.121. The van der Waals surface area contributed by atoms with E-state index < -0.39 is 15.6 Å². The van der Waals surface area contributed by atoms with Crippen molar-refractivity contribution in [3.8, 4) is 0 Å². The van der Waals surface area contributed by atoms with E-state index >= 15 is 0 Å². The maximum atomic E-state index is 12.3. The van der Waals surface area contributed by atoms with E-state index in [9.17, 15) is 8.42 Å². The molecule has 0 radical (unpaired) electrons. The lowest BCUT2D eigenvalue weighted by Crippen LogP contribution is -2.60. The topological polar surface area (TPSA) is 119 Å². The molecule has 2 rings (SSSR count). The van der Waals surface area contributed by atoms with Gasteiger partial charge in [-0.15, -0.1) is 0 Å². The molecular weight excluding hydrogens is 280 g/mol. The third kappa shape index (κ3) is 2.56. The van der Waals surface area contributed by atoms with Crippen LogP contribution in [0.25, 0.3) is 0 Å². The molecular formula is C11H20N6O2S. The largest absolute Gasteiger partial charge is 0.386 e. The van der Waals surface area contributed by atoms with Gasteiger partial charge < -0.3 is 5.73 Å². The van der Waals surface area contributed by atoms with Gasteiger partial charge in [0.25, 0.3) is 10.0 Å². The van der Waals surface area contributed by atoms with E-state index in [0.29, 0.717) is 26.2 Å². The molecule has 8 nitrogen and oxygen atoms in total. The van der Waals surface area contributed by atoms with Crippen LogP contribution >= 0.6 is 0 Å². The fourth-order valence-electron chi connectivity index (χ4n) is 2.18. The molecule has 0 bridgehead atoms. The molecule has 1 aromatic heterocycles. The number of aromatic nitrogens is 2. The number of aromatic amines is 1. The SMILES string of the molecule is CC(C)(C(=N)N)N1CCN(S(=O)(=O)c2ccn[nH]2)CC1. The van der Waals surface area contributed by atoms with Crippen LogP contribution in [0.2, 0.25) is 0 Å². The predicted molar refractivity (Wildman–Crippen MR) is 74.9 cm³/mol. The molecule has 1 fully saturated rings. The summed E-state index contributed by atoms with van der Waals surface area (Å²) in [5.41, 5.74) is 5.04. The van der Waals surface area contributed by atoms with Crippen LogP contribution in [-0.4, -0.2) is 65.4 Å². The molecule has 1 aromatic rings. The maximum Gasteiger partial charge on any atom is 0.260 e. The molecule has 0 spiro atoms. The maximum absolute atomic E-state index is 12.3. The van der Waals surface area contributed by atoms with Gasteiger partial charge in [0.1, 0.15) is 5.84 Å². The number of hydrogen-bond acceptors (Lipinski definition) is 5. The molecule has 0 atom stereocenters. The van der Waals surface area contributed by atoms with Crippen molar-refractivity contribution < 1.29 is 8.42 Å². The predicted octanol–water partition coefficient (Wildman–Crippen LogP) is -0.569. The Kier molecular flexibility index (Phi) is 3.85. The highest BCUT2D eigenvalue weighted by atomic mass is 32.2. The Labute approximate surface area is 118 Å². The number of nitrogens with two attached hydrogens (primary N) is 1. The Morgan fingerprint density at radius 3 is 2.45 bits per heavy atom. The summed E-state index contributed by atoms with van der Waals surface area (Å²) in [6, 6.07) is 1.45. The summed E-state index contributed by atoms with van der Waals surface area (Å²) in [7, 11) is -3.50. The van der Waals surface area contributed by atoms with Gasteiger partial charge in [0, 0.05) is 26.2 Å². The van der Waals surface area contributed by atoms with Crippen LogP contribution in [0, 0.1) is 5.41 Å². The quantitative estimate of drug-likeness (QED) is 0.508. The zero-order valence-corrected chi connectivity index (χ0v) is 12.4. The smallest absolute Gasteiger partial charge is 0.260 e. The van der Waals surface area contributed by atoms with Gasteiger partial charge in [-0.3, -0.25) is 15.4 Å². The van der Waals surface area contributed by atoms with E-state index in [2.05, 4.69) is 10.2 Å². The zero-order valence-electron chi connectivity index (χ0n) is 11.6. The van der Waals surface area contributed by atoms with Crippen molar-refractivity contribution in [1.82, 2.24) is 19.4 Å². The summed E-state index contributed by atoms with van der Waals surface area (Å²) >= 11 is 0. The van der Waals surface area contributed by atoms with E-state index in [1.165, 1.54) is 16.6 Å². The summed E-state index contributed by atoms with van der Waals surface area (Å²) < 4.78 is 26.0. The van der Waals surface area contributed by atoms with Gasteiger partial charge in [0.2, 0.25) is 0 Å². The van der Waals surface area contributed by atoms with Gasteiger partial charge in [-0.2, -0.15) is 9.40 Å². The first-order valence-corrected chi connectivity index (χ1v) is 7.79. The molecule has 0 saturated carbocycles. The third-order valence-electron chi connectivity index (χ3n) is 3.78. The van der Waals surface area contributed by atoms with Gasteiger partial charge in [-0.25, -0.2) is 8.42 Å². The molecule has 4 N–H and O–H groups in total. The second kappa shape index (κ2) is 5.15. The minimum atomic E-state index is -3.50. The molecule has 1 aliphatic heterocycles. The highest BCUT2D eigenvalue weighted by molar-refractivity contribution is 7.89. The normalized spacial score (nSPS) is 19.1. The Hall–Kier alpha value is -1.45. The number of H-pyrrole nitrogens is 1. The number of sulfonamides is 1. The van der Waals surface area contributed by atoms with E-state index in [-0.39, 0.29) is 10.9 Å². The minimum Gasteiger partial charge on any atom is -0.386 e. The molecule has 2 heterocycles. The number of nitrogens with zero attached hydrogens (tertiary/aromatic N) is 3. The molecule has 1 saturated heterocycles. The first-order valence-electron chi connectivity index (χ1n) is 6.35. The van der Waals surface area contributed by atoms with Gasteiger partial charge >= 0.3 is 0 Å². The van der Waals surface area contributed by atoms with Crippen LogP contribution in [0.5, 0.6) is 0 Å². The Balaban J connectivity index is 2.07. The molecule has 9 heteroatoms. The average molecular weight is 300 g/mol. The summed E-state index contributed by atoms with van der Waals surface area (Å²) in [4.78, 5) is 2.02. The lowest BCUT2D eigenvalue weighted by Gasteiger charge is -2.42. The van der Waals surface area contributed by atoms with E-state index in [1.807, 2.05) is 18.7 Å². The molecule has 112 valence electrons. The third-order valence-corrected chi connectivity index (χ3v) is 5.61. The number of nitrogens with one attached hydrogen (secondary N) is 2. The van der Waals surface area contributed by atoms with Crippen LogP contribution in [0.3, 0.4) is 0 Å². The van der Waals surface area contributed by atoms with Crippen molar-refractivity contribution >= 4 is 15.9 Å². The summed E-state index contributed by atoms with van der Waals surface area (Å²) in [6.07, 6.45) is 1.42. The standard InChI is InChI=1S/C11H20N6O2S/c1-11(2,10(12)13)16-5-7-17(8-6-16)20(18,19)9-3-4-14-15-9/h3-4H,5-8H2,1-2H3,(H3,12,13)(H,14,15). The van der Waals surface area contributed by atoms with Crippen molar-refractivity contribution in [2.24, 2.45) is 5.73 Å². The van der Waals surface area contributed by atoms with E-state index in [1.54, 1.807) is 0 Å². The van der Waals surface area contributed by atoms with Gasteiger partial charge in [0.15, 0.2) is 5.03 Å². The van der Waals surface area contributed by atoms with Crippen molar-refractivity contribution in [3.63, 3.8) is 0 Å². The number of hydrogen-bond donors (Lipinski definition) is 3. The van der Waals surface area contributed by atoms with Crippen LogP contribution < -0.4 is 5.73 Å². The fourth-order valence-corrected chi connectivity index (χ4v) is 3.51. The second-order valence-corrected chi connectivity index (χ2v) is 7.19. The molecule has 0 amide bonds. The zero-order chi connectivity index (χ0) is 15.0. The van der Waals surface area contributed by atoms with Crippen molar-refractivity contribution in [2.45, 2.75) is 24.4 Å². The fraction of sp³-hybridized carbons (Fsp3) is 0.636. The molecule has 0 aliphatic carbocycles. The number of amidine groups is 1. The highest BCUT2D eigenvalue weighted by Gasteiger charge is 2.36. The van der Waals surface area contributed by atoms with Crippen LogP contribution in [0.15, 0.2) is 17.3 Å². The first kappa shape index (κ1) is 14.9.